The Morgan fingerprint density at radius 1 is 1.39 bits per heavy atom. The molecule has 2 amide bonds. The van der Waals surface area contributed by atoms with Gasteiger partial charge < -0.3 is 10.2 Å². The van der Waals surface area contributed by atoms with Crippen LogP contribution in [0.2, 0.25) is 0 Å². The highest BCUT2D eigenvalue weighted by Crippen LogP contribution is 2.11. The van der Waals surface area contributed by atoms with Crippen LogP contribution in [0.3, 0.4) is 0 Å². The molecule has 2 rings (SSSR count). The fourth-order valence-electron chi connectivity index (χ4n) is 2.00. The van der Waals surface area contributed by atoms with Crippen LogP contribution in [-0.4, -0.2) is 36.3 Å². The van der Waals surface area contributed by atoms with Gasteiger partial charge in [-0.2, -0.15) is 0 Å². The van der Waals surface area contributed by atoms with Crippen LogP contribution in [0.15, 0.2) is 24.3 Å². The van der Waals surface area contributed by atoms with Crippen molar-refractivity contribution < 1.29 is 9.59 Å². The molecule has 0 bridgehead atoms. The number of halogens is 1. The van der Waals surface area contributed by atoms with E-state index in [1.54, 1.807) is 11.9 Å². The number of hydrogen-bond donors (Lipinski definition) is 1. The standard InChI is InChI=1S/C13H15IN2O2/c1-16-8-11(6-7-12(16)17)15-13(18)9-2-4-10(14)5-3-9/h2-5,11H,6-8H2,1H3,(H,15,18). The molecule has 1 atom stereocenters. The molecule has 0 radical (unpaired) electrons. The summed E-state index contributed by atoms with van der Waals surface area (Å²) in [6.45, 7) is 0.592. The molecule has 0 saturated carbocycles. The molecule has 0 spiro atoms. The van der Waals surface area contributed by atoms with Crippen molar-refractivity contribution in [3.63, 3.8) is 0 Å². The van der Waals surface area contributed by atoms with E-state index in [-0.39, 0.29) is 17.9 Å². The highest BCUT2D eigenvalue weighted by Gasteiger charge is 2.24. The van der Waals surface area contributed by atoms with Crippen LogP contribution in [0, 0.1) is 3.57 Å². The Bertz CT molecular complexity index is 459. The summed E-state index contributed by atoms with van der Waals surface area (Å²) in [4.78, 5) is 25.0. The normalized spacial score (nSPS) is 19.8. The highest BCUT2D eigenvalue weighted by molar-refractivity contribution is 14.1. The van der Waals surface area contributed by atoms with Gasteiger partial charge in [-0.25, -0.2) is 0 Å². The molecule has 1 aliphatic heterocycles. The second-order valence-corrected chi connectivity index (χ2v) is 5.74. The van der Waals surface area contributed by atoms with Crippen LogP contribution >= 0.6 is 22.6 Å². The SMILES string of the molecule is CN1CC(NC(=O)c2ccc(I)cc2)CCC1=O. The molecule has 1 aromatic carbocycles. The predicted molar refractivity (Wildman–Crippen MR) is 77.3 cm³/mol. The summed E-state index contributed by atoms with van der Waals surface area (Å²) in [6.07, 6.45) is 1.23. The summed E-state index contributed by atoms with van der Waals surface area (Å²) in [5.41, 5.74) is 0.662. The van der Waals surface area contributed by atoms with Gasteiger partial charge in [0.05, 0.1) is 0 Å². The van der Waals surface area contributed by atoms with E-state index in [2.05, 4.69) is 27.9 Å². The van der Waals surface area contributed by atoms with E-state index in [4.69, 9.17) is 0 Å². The third kappa shape index (κ3) is 3.22. The van der Waals surface area contributed by atoms with Crippen LogP contribution in [0.25, 0.3) is 0 Å². The van der Waals surface area contributed by atoms with Crippen molar-refractivity contribution in [3.8, 4) is 0 Å². The summed E-state index contributed by atoms with van der Waals surface area (Å²) in [6, 6.07) is 7.50. The van der Waals surface area contributed by atoms with Gasteiger partial charge in [-0.3, -0.25) is 9.59 Å². The largest absolute Gasteiger partial charge is 0.348 e. The molecule has 5 heteroatoms. The average molecular weight is 358 g/mol. The Morgan fingerprint density at radius 2 is 2.06 bits per heavy atom. The van der Waals surface area contributed by atoms with Gasteiger partial charge in [0.2, 0.25) is 5.91 Å². The van der Waals surface area contributed by atoms with Gasteiger partial charge in [-0.15, -0.1) is 0 Å². The molecular weight excluding hydrogens is 343 g/mol. The first-order valence-corrected chi connectivity index (χ1v) is 6.94. The van der Waals surface area contributed by atoms with Gasteiger partial charge in [-0.05, 0) is 53.3 Å². The van der Waals surface area contributed by atoms with Crippen molar-refractivity contribution in [2.45, 2.75) is 18.9 Å². The zero-order valence-electron chi connectivity index (χ0n) is 10.1. The fraction of sp³-hybridized carbons (Fsp3) is 0.385. The Kier molecular flexibility index (Phi) is 4.21. The number of carbonyl (C=O) groups excluding carboxylic acids is 2. The minimum Gasteiger partial charge on any atom is -0.348 e. The number of likely N-dealkylation sites (tertiary alicyclic amines) is 1. The second-order valence-electron chi connectivity index (χ2n) is 4.49. The number of nitrogens with one attached hydrogen (secondary N) is 1. The number of hydrogen-bond acceptors (Lipinski definition) is 2. The molecule has 1 aliphatic rings. The van der Waals surface area contributed by atoms with Crippen molar-refractivity contribution in [2.75, 3.05) is 13.6 Å². The van der Waals surface area contributed by atoms with Crippen LogP contribution < -0.4 is 5.32 Å². The monoisotopic (exact) mass is 358 g/mol. The smallest absolute Gasteiger partial charge is 0.251 e. The maximum atomic E-state index is 12.0. The molecule has 1 saturated heterocycles. The maximum Gasteiger partial charge on any atom is 0.251 e. The first-order chi connectivity index (χ1) is 8.56. The topological polar surface area (TPSA) is 49.4 Å². The maximum absolute atomic E-state index is 12.0. The molecule has 1 heterocycles. The fourth-order valence-corrected chi connectivity index (χ4v) is 2.36. The van der Waals surface area contributed by atoms with E-state index >= 15 is 0 Å². The zero-order chi connectivity index (χ0) is 13.1. The summed E-state index contributed by atoms with van der Waals surface area (Å²) in [5.74, 6) is 0.0777. The Balaban J connectivity index is 1.95. The lowest BCUT2D eigenvalue weighted by atomic mass is 10.1. The van der Waals surface area contributed by atoms with Crippen molar-refractivity contribution in [2.24, 2.45) is 0 Å². The molecular formula is C13H15IN2O2. The predicted octanol–water partition coefficient (Wildman–Crippen LogP) is 1.64. The van der Waals surface area contributed by atoms with Crippen LogP contribution in [0.5, 0.6) is 0 Å². The third-order valence-corrected chi connectivity index (χ3v) is 3.79. The van der Waals surface area contributed by atoms with Gasteiger partial charge in [0.15, 0.2) is 0 Å². The van der Waals surface area contributed by atoms with Gasteiger partial charge in [-0.1, -0.05) is 0 Å². The average Bonchev–Trinajstić information content (AvgIpc) is 2.34. The number of likely N-dealkylation sites (N-methyl/N-ethyl adjacent to an activating group) is 1. The van der Waals surface area contributed by atoms with Gasteiger partial charge in [0, 0.05) is 35.2 Å². The Hall–Kier alpha value is -1.11. The van der Waals surface area contributed by atoms with E-state index in [0.29, 0.717) is 18.5 Å². The van der Waals surface area contributed by atoms with Gasteiger partial charge in [0.1, 0.15) is 0 Å². The molecule has 96 valence electrons. The molecule has 1 N–H and O–H groups in total. The minimum atomic E-state index is -0.0702. The lowest BCUT2D eigenvalue weighted by Crippen LogP contribution is -2.48. The summed E-state index contributed by atoms with van der Waals surface area (Å²) < 4.78 is 1.10. The molecule has 1 fully saturated rings. The van der Waals surface area contributed by atoms with Crippen LogP contribution in [-0.2, 0) is 4.79 Å². The lowest BCUT2D eigenvalue weighted by molar-refractivity contribution is -0.132. The highest BCUT2D eigenvalue weighted by atomic mass is 127. The van der Waals surface area contributed by atoms with Crippen molar-refractivity contribution in [3.05, 3.63) is 33.4 Å². The second kappa shape index (κ2) is 5.69. The number of piperidine rings is 1. The summed E-state index contributed by atoms with van der Waals surface area (Å²) >= 11 is 2.20. The number of nitrogens with zero attached hydrogens (tertiary/aromatic N) is 1. The lowest BCUT2D eigenvalue weighted by Gasteiger charge is -2.30. The van der Waals surface area contributed by atoms with E-state index in [1.807, 2.05) is 24.3 Å². The van der Waals surface area contributed by atoms with E-state index in [1.165, 1.54) is 0 Å². The number of amides is 2. The number of benzene rings is 1. The van der Waals surface area contributed by atoms with Crippen molar-refractivity contribution in [1.29, 1.82) is 0 Å². The van der Waals surface area contributed by atoms with Crippen molar-refractivity contribution >= 4 is 34.4 Å². The number of rotatable bonds is 2. The van der Waals surface area contributed by atoms with Gasteiger partial charge in [0.25, 0.3) is 5.91 Å². The molecule has 0 aliphatic carbocycles. The number of carbonyl (C=O) groups is 2. The first kappa shape index (κ1) is 13.3. The van der Waals surface area contributed by atoms with E-state index in [0.717, 1.165) is 9.99 Å². The van der Waals surface area contributed by atoms with Gasteiger partial charge >= 0.3 is 0 Å². The first-order valence-electron chi connectivity index (χ1n) is 5.86. The Labute approximate surface area is 120 Å². The molecule has 4 nitrogen and oxygen atoms in total. The quantitative estimate of drug-likeness (QED) is 0.818. The molecule has 18 heavy (non-hydrogen) atoms. The van der Waals surface area contributed by atoms with E-state index < -0.39 is 0 Å². The zero-order valence-corrected chi connectivity index (χ0v) is 12.3. The summed E-state index contributed by atoms with van der Waals surface area (Å²) in [7, 11) is 1.77. The molecule has 1 unspecified atom stereocenters. The molecule has 0 aromatic heterocycles. The van der Waals surface area contributed by atoms with Crippen LogP contribution in [0.1, 0.15) is 23.2 Å². The minimum absolute atomic E-state index is 0.0551. The molecule has 1 aromatic rings. The van der Waals surface area contributed by atoms with Crippen LogP contribution in [0.4, 0.5) is 0 Å². The Morgan fingerprint density at radius 3 is 2.67 bits per heavy atom. The third-order valence-electron chi connectivity index (χ3n) is 3.07. The summed E-state index contributed by atoms with van der Waals surface area (Å²) in [5, 5.41) is 2.97. The van der Waals surface area contributed by atoms with Crippen molar-refractivity contribution in [1.82, 2.24) is 10.2 Å². The van der Waals surface area contributed by atoms with E-state index in [9.17, 15) is 9.59 Å².